The topological polar surface area (TPSA) is 56.1 Å². The third kappa shape index (κ3) is 2.71. The van der Waals surface area contributed by atoms with Gasteiger partial charge in [0.15, 0.2) is 5.82 Å². The Morgan fingerprint density at radius 3 is 2.89 bits per heavy atom. The van der Waals surface area contributed by atoms with Gasteiger partial charge in [0.05, 0.1) is 30.3 Å². The van der Waals surface area contributed by atoms with Crippen molar-refractivity contribution in [2.24, 2.45) is 0 Å². The van der Waals surface area contributed by atoms with Crippen molar-refractivity contribution >= 4 is 16.9 Å². The van der Waals surface area contributed by atoms with E-state index < -0.39 is 0 Å². The molecule has 2 aromatic heterocycles. The minimum Gasteiger partial charge on any atom is -0.371 e. The Bertz CT molecular complexity index is 1020. The first-order valence-corrected chi connectivity index (χ1v) is 10.00. The van der Waals surface area contributed by atoms with Crippen LogP contribution in [0, 0.1) is 0 Å². The lowest BCUT2D eigenvalue weighted by Crippen LogP contribution is -2.59. The molecule has 1 saturated heterocycles. The van der Waals surface area contributed by atoms with Gasteiger partial charge in [-0.15, -0.1) is 16.8 Å². The number of fused-ring (bicyclic) bond motifs is 1. The Kier molecular flexibility index (Phi) is 4.16. The van der Waals surface area contributed by atoms with Crippen LogP contribution in [0.1, 0.15) is 26.2 Å². The van der Waals surface area contributed by atoms with Gasteiger partial charge >= 0.3 is 0 Å². The summed E-state index contributed by atoms with van der Waals surface area (Å²) in [7, 11) is 0. The van der Waals surface area contributed by atoms with E-state index in [9.17, 15) is 0 Å². The Labute approximate surface area is 164 Å². The van der Waals surface area contributed by atoms with E-state index >= 15 is 0 Å². The van der Waals surface area contributed by atoms with Gasteiger partial charge in [-0.2, -0.15) is 0 Å². The molecule has 28 heavy (non-hydrogen) atoms. The fraction of sp³-hybridized carbons (Fsp3) is 0.409. The average molecular weight is 375 g/mol. The number of benzene rings is 1. The summed E-state index contributed by atoms with van der Waals surface area (Å²) in [6.07, 6.45) is 7.23. The summed E-state index contributed by atoms with van der Waals surface area (Å²) >= 11 is 0. The van der Waals surface area contributed by atoms with E-state index in [-0.39, 0.29) is 11.6 Å². The molecule has 5 rings (SSSR count). The maximum atomic E-state index is 6.19. The van der Waals surface area contributed by atoms with E-state index in [0.29, 0.717) is 6.54 Å². The number of pyridine rings is 1. The zero-order valence-electron chi connectivity index (χ0n) is 16.2. The number of aromatic nitrogens is 4. The third-order valence-corrected chi connectivity index (χ3v) is 6.06. The smallest absolute Gasteiger partial charge is 0.228 e. The second-order valence-electron chi connectivity index (χ2n) is 7.93. The lowest BCUT2D eigenvalue weighted by molar-refractivity contribution is -0.117. The van der Waals surface area contributed by atoms with Crippen LogP contribution in [-0.2, 0) is 11.3 Å². The molecule has 3 heterocycles. The maximum absolute atomic E-state index is 6.19. The Morgan fingerprint density at radius 1 is 1.25 bits per heavy atom. The van der Waals surface area contributed by atoms with Crippen molar-refractivity contribution in [3.8, 4) is 11.4 Å². The normalized spacial score (nSPS) is 21.0. The molecule has 1 aliphatic heterocycles. The first kappa shape index (κ1) is 17.4. The van der Waals surface area contributed by atoms with E-state index in [1.165, 1.54) is 6.42 Å². The zero-order valence-corrected chi connectivity index (χ0v) is 16.2. The number of hydrogen-bond donors (Lipinski definition) is 0. The molecule has 0 bridgehead atoms. The molecule has 6 heteroatoms. The summed E-state index contributed by atoms with van der Waals surface area (Å²) in [5.41, 5.74) is 1.94. The van der Waals surface area contributed by atoms with Crippen LogP contribution in [-0.4, -0.2) is 44.5 Å². The highest BCUT2D eigenvalue weighted by molar-refractivity contribution is 5.91. The lowest BCUT2D eigenvalue weighted by atomic mass is 9.78. The molecule has 0 radical (unpaired) electrons. The van der Waals surface area contributed by atoms with Crippen molar-refractivity contribution in [3.63, 3.8) is 0 Å². The van der Waals surface area contributed by atoms with Crippen LogP contribution in [0.15, 0.2) is 49.2 Å². The van der Waals surface area contributed by atoms with Gasteiger partial charge in [-0.3, -0.25) is 9.55 Å². The number of hydrogen-bond acceptors (Lipinski definition) is 5. The van der Waals surface area contributed by atoms with Gasteiger partial charge in [0.1, 0.15) is 0 Å². The minimum absolute atomic E-state index is 0.00136. The summed E-state index contributed by atoms with van der Waals surface area (Å²) < 4.78 is 8.34. The second-order valence-corrected chi connectivity index (χ2v) is 7.93. The van der Waals surface area contributed by atoms with Crippen LogP contribution < -0.4 is 4.90 Å². The van der Waals surface area contributed by atoms with Crippen molar-refractivity contribution in [3.05, 3.63) is 49.2 Å². The molecular weight excluding hydrogens is 350 g/mol. The van der Waals surface area contributed by atoms with Gasteiger partial charge in [-0.25, -0.2) is 0 Å². The number of allylic oxidation sites excluding steroid dienone is 1. The Balaban J connectivity index is 1.61. The fourth-order valence-corrected chi connectivity index (χ4v) is 4.33. The number of anilines is 1. The van der Waals surface area contributed by atoms with Gasteiger partial charge in [0.2, 0.25) is 5.95 Å². The highest BCUT2D eigenvalue weighted by atomic mass is 16.5. The maximum Gasteiger partial charge on any atom is 0.228 e. The number of rotatable bonds is 4. The fourth-order valence-electron chi connectivity index (χ4n) is 4.33. The van der Waals surface area contributed by atoms with Gasteiger partial charge in [0.25, 0.3) is 0 Å². The van der Waals surface area contributed by atoms with E-state index in [4.69, 9.17) is 4.74 Å². The predicted octanol–water partition coefficient (Wildman–Crippen LogP) is 3.83. The van der Waals surface area contributed by atoms with Gasteiger partial charge in [0, 0.05) is 23.7 Å². The van der Waals surface area contributed by atoms with Crippen LogP contribution in [0.2, 0.25) is 0 Å². The summed E-state index contributed by atoms with van der Waals surface area (Å²) in [5, 5.41) is 10.3. The van der Waals surface area contributed by atoms with Crippen molar-refractivity contribution in [2.75, 3.05) is 18.1 Å². The van der Waals surface area contributed by atoms with E-state index in [2.05, 4.69) is 56.4 Å². The molecule has 1 aliphatic carbocycles. The van der Waals surface area contributed by atoms with E-state index in [1.807, 2.05) is 24.4 Å². The van der Waals surface area contributed by atoms with Gasteiger partial charge in [-0.1, -0.05) is 24.3 Å². The van der Waals surface area contributed by atoms with Crippen molar-refractivity contribution in [1.29, 1.82) is 0 Å². The van der Waals surface area contributed by atoms with Crippen LogP contribution in [0.3, 0.4) is 0 Å². The molecule has 1 atom stereocenters. The quantitative estimate of drug-likeness (QED) is 0.649. The van der Waals surface area contributed by atoms with Crippen molar-refractivity contribution in [1.82, 2.24) is 19.7 Å². The first-order valence-electron chi connectivity index (χ1n) is 10.00. The molecule has 3 aromatic rings. The van der Waals surface area contributed by atoms with E-state index in [0.717, 1.165) is 54.2 Å². The molecule has 2 aliphatic rings. The summed E-state index contributed by atoms with van der Waals surface area (Å²) in [4.78, 5) is 6.96. The molecule has 1 aromatic carbocycles. The van der Waals surface area contributed by atoms with Crippen molar-refractivity contribution < 1.29 is 4.74 Å². The molecule has 1 spiro atoms. The second kappa shape index (κ2) is 6.71. The van der Waals surface area contributed by atoms with Gasteiger partial charge in [-0.05, 0) is 38.3 Å². The first-order chi connectivity index (χ1) is 13.7. The Morgan fingerprint density at radius 2 is 2.11 bits per heavy atom. The SMILES string of the molecule is C=CCn1c(-c2cccc3cccnc23)nnc1N1CC2(CCC2)OCC1C. The molecule has 0 N–H and O–H groups in total. The van der Waals surface area contributed by atoms with Crippen LogP contribution in [0.4, 0.5) is 5.95 Å². The largest absolute Gasteiger partial charge is 0.371 e. The summed E-state index contributed by atoms with van der Waals surface area (Å²) in [6, 6.07) is 10.5. The van der Waals surface area contributed by atoms with Gasteiger partial charge < -0.3 is 9.64 Å². The monoisotopic (exact) mass is 375 g/mol. The molecule has 2 fully saturated rings. The summed E-state index contributed by atoms with van der Waals surface area (Å²) in [5.74, 6) is 1.73. The predicted molar refractivity (Wildman–Crippen MR) is 110 cm³/mol. The van der Waals surface area contributed by atoms with Crippen LogP contribution >= 0.6 is 0 Å². The third-order valence-electron chi connectivity index (χ3n) is 6.06. The molecule has 1 saturated carbocycles. The number of ether oxygens (including phenoxy) is 1. The highest BCUT2D eigenvalue weighted by Crippen LogP contribution is 2.41. The molecule has 1 unspecified atom stereocenters. The van der Waals surface area contributed by atoms with Crippen LogP contribution in [0.5, 0.6) is 0 Å². The minimum atomic E-state index is -0.00136. The standard InChI is InChI=1S/C22H25N5O/c1-3-13-26-20(18-9-4-7-17-8-5-12-23-19(17)18)24-25-21(26)27-15-22(10-6-11-22)28-14-16(27)2/h3-5,7-9,12,16H,1,6,10-11,13-15H2,2H3. The number of para-hydroxylation sites is 1. The molecule has 144 valence electrons. The van der Waals surface area contributed by atoms with E-state index in [1.54, 1.807) is 0 Å². The average Bonchev–Trinajstić information content (AvgIpc) is 3.10. The molecular formula is C22H25N5O. The highest BCUT2D eigenvalue weighted by Gasteiger charge is 2.45. The van der Waals surface area contributed by atoms with Crippen molar-refractivity contribution in [2.45, 2.75) is 44.4 Å². The number of morpholine rings is 1. The molecule has 0 amide bonds. The lowest BCUT2D eigenvalue weighted by Gasteiger charge is -2.50. The zero-order chi connectivity index (χ0) is 19.1. The van der Waals surface area contributed by atoms with Crippen LogP contribution in [0.25, 0.3) is 22.3 Å². The number of nitrogens with zero attached hydrogens (tertiary/aromatic N) is 5. The summed E-state index contributed by atoms with van der Waals surface area (Å²) in [6.45, 7) is 8.40. The molecule has 6 nitrogen and oxygen atoms in total. The Hall–Kier alpha value is -2.73.